The quantitative estimate of drug-likeness (QED) is 0.845. The molecule has 0 bridgehead atoms. The Kier molecular flexibility index (Phi) is 6.77. The van der Waals surface area contributed by atoms with Gasteiger partial charge in [0.25, 0.3) is 0 Å². The van der Waals surface area contributed by atoms with Crippen LogP contribution in [0.5, 0.6) is 0 Å². The van der Waals surface area contributed by atoms with Gasteiger partial charge in [-0.15, -0.1) is 12.4 Å². The molecule has 1 atom stereocenters. The molecule has 0 heterocycles. The highest BCUT2D eigenvalue weighted by Gasteiger charge is 2.16. The number of nitrogens with two attached hydrogens (primary N) is 1. The van der Waals surface area contributed by atoms with Gasteiger partial charge >= 0.3 is 0 Å². The van der Waals surface area contributed by atoms with E-state index in [1.54, 1.807) is 0 Å². The first-order valence-corrected chi connectivity index (χ1v) is 5.18. The topological polar surface area (TPSA) is 55.1 Å². The van der Waals surface area contributed by atoms with E-state index in [-0.39, 0.29) is 24.2 Å². The third-order valence-electron chi connectivity index (χ3n) is 2.33. The highest BCUT2D eigenvalue weighted by Crippen LogP contribution is 2.00. The number of hydrogen-bond acceptors (Lipinski definition) is 2. The van der Waals surface area contributed by atoms with Crippen LogP contribution < -0.4 is 11.1 Å². The van der Waals surface area contributed by atoms with Crippen LogP contribution in [0.4, 0.5) is 0 Å². The Bertz CT molecular complexity index is 314. The van der Waals surface area contributed by atoms with Crippen LogP contribution in [-0.2, 0) is 11.3 Å². The summed E-state index contributed by atoms with van der Waals surface area (Å²) in [6, 6.07) is 9.37. The van der Waals surface area contributed by atoms with Crippen molar-refractivity contribution >= 4 is 18.3 Å². The van der Waals surface area contributed by atoms with Crippen LogP contribution in [0.2, 0.25) is 0 Å². The number of rotatable bonds is 4. The Morgan fingerprint density at radius 3 is 2.38 bits per heavy atom. The third kappa shape index (κ3) is 4.64. The summed E-state index contributed by atoms with van der Waals surface area (Å²) in [5.41, 5.74) is 6.80. The highest BCUT2D eigenvalue weighted by molar-refractivity contribution is 5.85. The molecule has 16 heavy (non-hydrogen) atoms. The van der Waals surface area contributed by atoms with Crippen molar-refractivity contribution < 1.29 is 4.79 Å². The minimum absolute atomic E-state index is 0. The van der Waals surface area contributed by atoms with Gasteiger partial charge in [0.05, 0.1) is 6.04 Å². The second-order valence-electron chi connectivity index (χ2n) is 3.97. The molecular weight excluding hydrogens is 224 g/mol. The zero-order valence-corrected chi connectivity index (χ0v) is 10.5. The van der Waals surface area contributed by atoms with Gasteiger partial charge in [0.15, 0.2) is 0 Å². The first-order valence-electron chi connectivity index (χ1n) is 5.18. The lowest BCUT2D eigenvalue weighted by Gasteiger charge is -2.15. The molecule has 90 valence electrons. The van der Waals surface area contributed by atoms with Crippen LogP contribution in [0.25, 0.3) is 0 Å². The lowest BCUT2D eigenvalue weighted by atomic mass is 10.0. The van der Waals surface area contributed by atoms with E-state index >= 15 is 0 Å². The Morgan fingerprint density at radius 1 is 1.31 bits per heavy atom. The van der Waals surface area contributed by atoms with Crippen molar-refractivity contribution in [2.75, 3.05) is 0 Å². The van der Waals surface area contributed by atoms with E-state index in [2.05, 4.69) is 5.32 Å². The molecule has 4 heteroatoms. The van der Waals surface area contributed by atoms with Gasteiger partial charge < -0.3 is 11.1 Å². The van der Waals surface area contributed by atoms with Gasteiger partial charge in [-0.3, -0.25) is 4.79 Å². The normalized spacial score (nSPS) is 11.8. The second kappa shape index (κ2) is 7.25. The monoisotopic (exact) mass is 242 g/mol. The molecule has 0 saturated heterocycles. The van der Waals surface area contributed by atoms with Gasteiger partial charge in [-0.05, 0) is 11.5 Å². The molecule has 0 radical (unpaired) electrons. The van der Waals surface area contributed by atoms with Gasteiger partial charge in [0.1, 0.15) is 0 Å². The number of halogens is 1. The predicted molar refractivity (Wildman–Crippen MR) is 68.4 cm³/mol. The van der Waals surface area contributed by atoms with Crippen molar-refractivity contribution in [1.29, 1.82) is 0 Å². The number of nitrogens with one attached hydrogen (secondary N) is 1. The summed E-state index contributed by atoms with van der Waals surface area (Å²) < 4.78 is 0. The molecule has 0 aliphatic carbocycles. The van der Waals surface area contributed by atoms with Crippen LogP contribution in [0.3, 0.4) is 0 Å². The lowest BCUT2D eigenvalue weighted by Crippen LogP contribution is -2.43. The Balaban J connectivity index is 0.00000225. The van der Waals surface area contributed by atoms with Crippen molar-refractivity contribution in [3.63, 3.8) is 0 Å². The van der Waals surface area contributed by atoms with Crippen LogP contribution >= 0.6 is 12.4 Å². The SMILES string of the molecule is CC(C)[C@@H](N)C(=O)NCc1ccccc1.Cl. The zero-order chi connectivity index (χ0) is 11.3. The summed E-state index contributed by atoms with van der Waals surface area (Å²) in [7, 11) is 0. The van der Waals surface area contributed by atoms with E-state index in [9.17, 15) is 4.79 Å². The minimum Gasteiger partial charge on any atom is -0.351 e. The molecule has 0 unspecified atom stereocenters. The fraction of sp³-hybridized carbons (Fsp3) is 0.417. The largest absolute Gasteiger partial charge is 0.351 e. The van der Waals surface area contributed by atoms with Crippen molar-refractivity contribution in [2.45, 2.75) is 26.4 Å². The van der Waals surface area contributed by atoms with E-state index in [4.69, 9.17) is 5.73 Å². The van der Waals surface area contributed by atoms with E-state index in [0.29, 0.717) is 6.54 Å². The molecule has 3 N–H and O–H groups in total. The van der Waals surface area contributed by atoms with E-state index in [1.807, 2.05) is 44.2 Å². The first-order chi connectivity index (χ1) is 7.11. The van der Waals surface area contributed by atoms with Crippen LogP contribution in [-0.4, -0.2) is 11.9 Å². The van der Waals surface area contributed by atoms with Gasteiger partial charge in [0, 0.05) is 6.54 Å². The summed E-state index contributed by atoms with van der Waals surface area (Å²) in [5.74, 6) is 0.0784. The zero-order valence-electron chi connectivity index (χ0n) is 9.64. The summed E-state index contributed by atoms with van der Waals surface area (Å²) in [4.78, 5) is 11.5. The molecule has 1 amide bonds. The molecule has 0 aliphatic rings. The van der Waals surface area contributed by atoms with E-state index in [0.717, 1.165) is 5.56 Å². The molecule has 1 rings (SSSR count). The molecule has 0 aliphatic heterocycles. The Morgan fingerprint density at radius 2 is 1.88 bits per heavy atom. The van der Waals surface area contributed by atoms with Crippen molar-refractivity contribution in [1.82, 2.24) is 5.32 Å². The molecular formula is C12H19ClN2O. The predicted octanol–water partition coefficient (Wildman–Crippen LogP) is 1.71. The Labute approximate surface area is 103 Å². The molecule has 0 spiro atoms. The molecule has 3 nitrogen and oxygen atoms in total. The standard InChI is InChI=1S/C12H18N2O.ClH/c1-9(2)11(13)12(15)14-8-10-6-4-3-5-7-10;/h3-7,9,11H,8,13H2,1-2H3,(H,14,15);1H/t11-;/m1./s1. The summed E-state index contributed by atoms with van der Waals surface area (Å²) in [6.07, 6.45) is 0. The van der Waals surface area contributed by atoms with Gasteiger partial charge in [-0.25, -0.2) is 0 Å². The minimum atomic E-state index is -0.422. The summed E-state index contributed by atoms with van der Waals surface area (Å²) in [5, 5.41) is 2.82. The highest BCUT2D eigenvalue weighted by atomic mass is 35.5. The van der Waals surface area contributed by atoms with Crippen molar-refractivity contribution in [2.24, 2.45) is 11.7 Å². The number of benzene rings is 1. The maximum Gasteiger partial charge on any atom is 0.237 e. The van der Waals surface area contributed by atoms with Crippen molar-refractivity contribution in [3.05, 3.63) is 35.9 Å². The fourth-order valence-corrected chi connectivity index (χ4v) is 1.21. The molecule has 0 fully saturated rings. The smallest absolute Gasteiger partial charge is 0.237 e. The lowest BCUT2D eigenvalue weighted by molar-refractivity contribution is -0.123. The summed E-state index contributed by atoms with van der Waals surface area (Å²) in [6.45, 7) is 4.42. The van der Waals surface area contributed by atoms with Gasteiger partial charge in [-0.1, -0.05) is 44.2 Å². The average Bonchev–Trinajstić information content (AvgIpc) is 2.26. The maximum absolute atomic E-state index is 11.5. The number of amides is 1. The van der Waals surface area contributed by atoms with E-state index < -0.39 is 6.04 Å². The third-order valence-corrected chi connectivity index (χ3v) is 2.33. The molecule has 0 aromatic heterocycles. The van der Waals surface area contributed by atoms with Gasteiger partial charge in [-0.2, -0.15) is 0 Å². The van der Waals surface area contributed by atoms with E-state index in [1.165, 1.54) is 0 Å². The number of carbonyl (C=O) groups excluding carboxylic acids is 1. The number of hydrogen-bond donors (Lipinski definition) is 2. The Hall–Kier alpha value is -1.06. The summed E-state index contributed by atoms with van der Waals surface area (Å²) >= 11 is 0. The number of carbonyl (C=O) groups is 1. The molecule has 1 aromatic rings. The fourth-order valence-electron chi connectivity index (χ4n) is 1.21. The van der Waals surface area contributed by atoms with Crippen molar-refractivity contribution in [3.8, 4) is 0 Å². The second-order valence-corrected chi connectivity index (χ2v) is 3.97. The van der Waals surface area contributed by atoms with Crippen LogP contribution in [0.1, 0.15) is 19.4 Å². The average molecular weight is 243 g/mol. The molecule has 0 saturated carbocycles. The van der Waals surface area contributed by atoms with Crippen LogP contribution in [0, 0.1) is 5.92 Å². The first kappa shape index (κ1) is 14.9. The van der Waals surface area contributed by atoms with Crippen LogP contribution in [0.15, 0.2) is 30.3 Å². The maximum atomic E-state index is 11.5. The molecule has 1 aromatic carbocycles. The van der Waals surface area contributed by atoms with Gasteiger partial charge in [0.2, 0.25) is 5.91 Å².